The molecule has 2 nitrogen and oxygen atoms in total. The molecule has 1 aromatic rings. The zero-order valence-corrected chi connectivity index (χ0v) is 6.80. The van der Waals surface area contributed by atoms with Crippen molar-refractivity contribution in [3.63, 3.8) is 0 Å². The number of hydroxylamine groups is 1. The Balaban J connectivity index is 2.62. The second-order valence-corrected chi connectivity index (χ2v) is 2.66. The lowest BCUT2D eigenvalue weighted by atomic mass is 10.1. The van der Waals surface area contributed by atoms with E-state index >= 15 is 0 Å². The maximum absolute atomic E-state index is 8.33. The number of hydrogen-bond acceptors (Lipinski definition) is 2. The Morgan fingerprint density at radius 3 is 2.73 bits per heavy atom. The molecule has 60 valence electrons. The Bertz CT molecular complexity index is 227. The number of nitrogens with one attached hydrogen (secondary N) is 1. The highest BCUT2D eigenvalue weighted by molar-refractivity contribution is 6.31. The molecule has 0 saturated carbocycles. The van der Waals surface area contributed by atoms with Gasteiger partial charge in [0.25, 0.3) is 0 Å². The molecule has 0 saturated heterocycles. The summed E-state index contributed by atoms with van der Waals surface area (Å²) in [4.78, 5) is 0. The van der Waals surface area contributed by atoms with Crippen LogP contribution in [0.1, 0.15) is 5.56 Å². The van der Waals surface area contributed by atoms with Crippen LogP contribution in [-0.2, 0) is 6.42 Å². The van der Waals surface area contributed by atoms with E-state index in [0.29, 0.717) is 6.54 Å². The van der Waals surface area contributed by atoms with Crippen molar-refractivity contribution in [1.29, 1.82) is 0 Å². The maximum Gasteiger partial charge on any atom is 0.0438 e. The van der Waals surface area contributed by atoms with E-state index in [0.717, 1.165) is 17.0 Å². The van der Waals surface area contributed by atoms with Gasteiger partial charge in [0.2, 0.25) is 0 Å². The first-order valence-electron chi connectivity index (χ1n) is 3.45. The van der Waals surface area contributed by atoms with Crippen LogP contribution in [0.2, 0.25) is 5.02 Å². The summed E-state index contributed by atoms with van der Waals surface area (Å²) >= 11 is 5.85. The Morgan fingerprint density at radius 2 is 2.09 bits per heavy atom. The molecule has 0 atom stereocenters. The summed E-state index contributed by atoms with van der Waals surface area (Å²) in [6.07, 6.45) is 0.746. The largest absolute Gasteiger partial charge is 0.317 e. The summed E-state index contributed by atoms with van der Waals surface area (Å²) in [7, 11) is 0. The fourth-order valence-electron chi connectivity index (χ4n) is 0.892. The Kier molecular flexibility index (Phi) is 3.36. The fraction of sp³-hybridized carbons (Fsp3) is 0.250. The summed E-state index contributed by atoms with van der Waals surface area (Å²) in [6.45, 7) is 0.531. The number of halogens is 1. The van der Waals surface area contributed by atoms with E-state index < -0.39 is 0 Å². The van der Waals surface area contributed by atoms with E-state index in [2.05, 4.69) is 5.48 Å². The molecule has 3 heteroatoms. The third-order valence-corrected chi connectivity index (χ3v) is 1.83. The highest BCUT2D eigenvalue weighted by Gasteiger charge is 1.96. The van der Waals surface area contributed by atoms with Crippen molar-refractivity contribution in [3.8, 4) is 0 Å². The van der Waals surface area contributed by atoms with E-state index in [1.54, 1.807) is 0 Å². The molecule has 1 rings (SSSR count). The van der Waals surface area contributed by atoms with Gasteiger partial charge in [-0.05, 0) is 18.1 Å². The van der Waals surface area contributed by atoms with Gasteiger partial charge in [0.1, 0.15) is 0 Å². The van der Waals surface area contributed by atoms with Crippen molar-refractivity contribution in [3.05, 3.63) is 34.9 Å². The quantitative estimate of drug-likeness (QED) is 0.681. The monoisotopic (exact) mass is 171 g/mol. The van der Waals surface area contributed by atoms with Gasteiger partial charge >= 0.3 is 0 Å². The molecule has 0 spiro atoms. The second kappa shape index (κ2) is 4.34. The molecular formula is C8H10ClNO. The fourth-order valence-corrected chi connectivity index (χ4v) is 1.12. The third-order valence-electron chi connectivity index (χ3n) is 1.46. The predicted octanol–water partition coefficient (Wildman–Crippen LogP) is 1.86. The first-order valence-corrected chi connectivity index (χ1v) is 3.83. The van der Waals surface area contributed by atoms with E-state index in [1.165, 1.54) is 0 Å². The summed E-state index contributed by atoms with van der Waals surface area (Å²) in [5, 5.41) is 9.08. The first kappa shape index (κ1) is 8.53. The van der Waals surface area contributed by atoms with Crippen molar-refractivity contribution in [2.45, 2.75) is 6.42 Å². The minimum absolute atomic E-state index is 0.531. The lowest BCUT2D eigenvalue weighted by Crippen LogP contribution is -2.11. The number of rotatable bonds is 3. The van der Waals surface area contributed by atoms with E-state index in [4.69, 9.17) is 16.8 Å². The highest BCUT2D eigenvalue weighted by Crippen LogP contribution is 2.14. The Labute approximate surface area is 70.8 Å². The smallest absolute Gasteiger partial charge is 0.0438 e. The molecule has 0 aliphatic heterocycles. The van der Waals surface area contributed by atoms with Crippen LogP contribution in [-0.4, -0.2) is 11.8 Å². The summed E-state index contributed by atoms with van der Waals surface area (Å²) in [5.41, 5.74) is 3.14. The molecular weight excluding hydrogens is 162 g/mol. The average molecular weight is 172 g/mol. The first-order chi connectivity index (χ1) is 5.34. The highest BCUT2D eigenvalue weighted by atomic mass is 35.5. The van der Waals surface area contributed by atoms with Crippen molar-refractivity contribution < 1.29 is 5.21 Å². The average Bonchev–Trinajstić information content (AvgIpc) is 2.03. The zero-order valence-electron chi connectivity index (χ0n) is 6.05. The molecule has 0 radical (unpaired) electrons. The normalized spacial score (nSPS) is 10.0. The van der Waals surface area contributed by atoms with Crippen molar-refractivity contribution in [2.75, 3.05) is 6.54 Å². The van der Waals surface area contributed by atoms with Gasteiger partial charge in [-0.1, -0.05) is 29.8 Å². The lowest BCUT2D eigenvalue weighted by Gasteiger charge is -2.01. The molecule has 0 amide bonds. The summed E-state index contributed by atoms with van der Waals surface area (Å²) in [5.74, 6) is 0. The molecule has 11 heavy (non-hydrogen) atoms. The molecule has 0 aliphatic carbocycles. The van der Waals surface area contributed by atoms with Gasteiger partial charge < -0.3 is 5.21 Å². The molecule has 2 N–H and O–H groups in total. The van der Waals surface area contributed by atoms with Gasteiger partial charge in [-0.15, -0.1) is 0 Å². The second-order valence-electron chi connectivity index (χ2n) is 2.25. The van der Waals surface area contributed by atoms with Crippen molar-refractivity contribution >= 4 is 11.6 Å². The topological polar surface area (TPSA) is 32.3 Å². The summed E-state index contributed by atoms with van der Waals surface area (Å²) in [6, 6.07) is 7.60. The minimum Gasteiger partial charge on any atom is -0.317 e. The van der Waals surface area contributed by atoms with Crippen LogP contribution in [0.15, 0.2) is 24.3 Å². The Hall–Kier alpha value is -0.570. The van der Waals surface area contributed by atoms with Crippen molar-refractivity contribution in [1.82, 2.24) is 5.48 Å². The van der Waals surface area contributed by atoms with Crippen LogP contribution in [0.5, 0.6) is 0 Å². The van der Waals surface area contributed by atoms with Gasteiger partial charge in [-0.3, -0.25) is 0 Å². The molecule has 0 bridgehead atoms. The van der Waals surface area contributed by atoms with Crippen LogP contribution in [0.3, 0.4) is 0 Å². The molecule has 0 fully saturated rings. The minimum atomic E-state index is 0.531. The SMILES string of the molecule is ONCCc1ccccc1Cl. The number of benzene rings is 1. The van der Waals surface area contributed by atoms with Gasteiger partial charge in [0.15, 0.2) is 0 Å². The predicted molar refractivity (Wildman–Crippen MR) is 44.9 cm³/mol. The van der Waals surface area contributed by atoms with Gasteiger partial charge in [0.05, 0.1) is 0 Å². The molecule has 0 heterocycles. The molecule has 0 unspecified atom stereocenters. The molecule has 0 aromatic heterocycles. The molecule has 0 aliphatic rings. The van der Waals surface area contributed by atoms with E-state index in [-0.39, 0.29) is 0 Å². The van der Waals surface area contributed by atoms with Crippen LogP contribution in [0, 0.1) is 0 Å². The van der Waals surface area contributed by atoms with Gasteiger partial charge in [-0.2, -0.15) is 0 Å². The molecule has 1 aromatic carbocycles. The van der Waals surface area contributed by atoms with Crippen LogP contribution < -0.4 is 5.48 Å². The third kappa shape index (κ3) is 2.50. The van der Waals surface area contributed by atoms with Crippen molar-refractivity contribution in [2.24, 2.45) is 0 Å². The van der Waals surface area contributed by atoms with Gasteiger partial charge in [0, 0.05) is 11.6 Å². The van der Waals surface area contributed by atoms with Crippen LogP contribution in [0.4, 0.5) is 0 Å². The lowest BCUT2D eigenvalue weighted by molar-refractivity contribution is 0.168. The Morgan fingerprint density at radius 1 is 1.36 bits per heavy atom. The van der Waals surface area contributed by atoms with Crippen LogP contribution in [0.25, 0.3) is 0 Å². The maximum atomic E-state index is 8.33. The van der Waals surface area contributed by atoms with Gasteiger partial charge in [-0.25, -0.2) is 5.48 Å². The standard InChI is InChI=1S/C8H10ClNO/c9-8-4-2-1-3-7(8)5-6-10-11/h1-4,10-11H,5-6H2. The number of hydrogen-bond donors (Lipinski definition) is 2. The summed E-state index contributed by atoms with van der Waals surface area (Å²) < 4.78 is 0. The van der Waals surface area contributed by atoms with E-state index in [9.17, 15) is 0 Å². The zero-order chi connectivity index (χ0) is 8.10. The van der Waals surface area contributed by atoms with Crippen LogP contribution >= 0.6 is 11.6 Å². The van der Waals surface area contributed by atoms with E-state index in [1.807, 2.05) is 24.3 Å².